The highest BCUT2D eigenvalue weighted by atomic mass is 16.5. The van der Waals surface area contributed by atoms with Gasteiger partial charge in [-0.15, -0.1) is 5.10 Å². The van der Waals surface area contributed by atoms with Gasteiger partial charge in [0.05, 0.1) is 12.8 Å². The molecule has 1 aliphatic rings. The molecule has 1 aliphatic carbocycles. The minimum Gasteiger partial charge on any atom is -0.476 e. The second-order valence-corrected chi connectivity index (χ2v) is 5.26. The van der Waals surface area contributed by atoms with Crippen molar-refractivity contribution in [1.29, 1.82) is 0 Å². The average Bonchev–Trinajstić information content (AvgIpc) is 3.19. The smallest absolute Gasteiger partial charge is 0.358 e. The van der Waals surface area contributed by atoms with Gasteiger partial charge in [0, 0.05) is 19.7 Å². The van der Waals surface area contributed by atoms with Crippen LogP contribution in [0.5, 0.6) is 0 Å². The first kappa shape index (κ1) is 15.4. The molecule has 0 aromatic carbocycles. The van der Waals surface area contributed by atoms with Crippen LogP contribution in [0.25, 0.3) is 0 Å². The van der Waals surface area contributed by atoms with E-state index in [2.05, 4.69) is 10.3 Å². The lowest BCUT2D eigenvalue weighted by Crippen LogP contribution is -2.43. The minimum absolute atomic E-state index is 0.0128. The molecule has 0 spiro atoms. The number of hydrogen-bond acceptors (Lipinski definition) is 5. The second-order valence-electron chi connectivity index (χ2n) is 5.26. The molecule has 0 bridgehead atoms. The molecule has 1 saturated carbocycles. The number of aromatic carboxylic acids is 1. The number of ether oxygens (including phenoxy) is 1. The van der Waals surface area contributed by atoms with Crippen LogP contribution in [0.3, 0.4) is 0 Å². The van der Waals surface area contributed by atoms with Crippen LogP contribution in [0.2, 0.25) is 0 Å². The van der Waals surface area contributed by atoms with Gasteiger partial charge >= 0.3 is 5.97 Å². The number of amides is 1. The van der Waals surface area contributed by atoms with Gasteiger partial charge in [-0.05, 0) is 25.7 Å². The Morgan fingerprint density at radius 2 is 2.29 bits per heavy atom. The molecule has 1 amide bonds. The van der Waals surface area contributed by atoms with E-state index in [0.717, 1.165) is 12.8 Å². The van der Waals surface area contributed by atoms with Crippen LogP contribution in [-0.4, -0.2) is 63.2 Å². The van der Waals surface area contributed by atoms with E-state index >= 15 is 0 Å². The summed E-state index contributed by atoms with van der Waals surface area (Å²) in [6.07, 6.45) is 3.55. The predicted molar refractivity (Wildman–Crippen MR) is 72.8 cm³/mol. The topological polar surface area (TPSA) is 97.5 Å². The molecule has 1 unspecified atom stereocenters. The molecule has 8 heteroatoms. The Hall–Kier alpha value is -1.96. The molecule has 1 N–H and O–H groups in total. The number of methoxy groups -OCH3 is 1. The van der Waals surface area contributed by atoms with E-state index in [1.54, 1.807) is 12.0 Å². The Morgan fingerprint density at radius 1 is 1.57 bits per heavy atom. The number of aromatic nitrogens is 3. The number of rotatable bonds is 8. The van der Waals surface area contributed by atoms with Crippen molar-refractivity contribution in [2.45, 2.75) is 32.4 Å². The zero-order chi connectivity index (χ0) is 15.4. The number of carboxylic acids is 1. The lowest BCUT2D eigenvalue weighted by atomic mass is 10.2. The molecule has 1 aromatic heterocycles. The van der Waals surface area contributed by atoms with Crippen LogP contribution in [0.1, 0.15) is 30.3 Å². The Balaban J connectivity index is 2.00. The fraction of sp³-hybridized carbons (Fsp3) is 0.692. The summed E-state index contributed by atoms with van der Waals surface area (Å²) in [4.78, 5) is 24.9. The van der Waals surface area contributed by atoms with E-state index < -0.39 is 5.97 Å². The van der Waals surface area contributed by atoms with Crippen molar-refractivity contribution in [3.8, 4) is 0 Å². The number of carboxylic acid groups (broad SMARTS) is 1. The summed E-state index contributed by atoms with van der Waals surface area (Å²) < 4.78 is 6.31. The van der Waals surface area contributed by atoms with Crippen LogP contribution in [0.4, 0.5) is 0 Å². The highest BCUT2D eigenvalue weighted by Gasteiger charge is 2.34. The normalized spacial score (nSPS) is 15.7. The van der Waals surface area contributed by atoms with Gasteiger partial charge in [0.15, 0.2) is 5.69 Å². The van der Waals surface area contributed by atoms with Crippen LogP contribution in [0, 0.1) is 5.92 Å². The van der Waals surface area contributed by atoms with Crippen molar-refractivity contribution < 1.29 is 19.4 Å². The largest absolute Gasteiger partial charge is 0.476 e. The van der Waals surface area contributed by atoms with E-state index in [4.69, 9.17) is 9.84 Å². The fourth-order valence-corrected chi connectivity index (χ4v) is 2.28. The molecule has 1 heterocycles. The molecule has 116 valence electrons. The van der Waals surface area contributed by atoms with Crippen molar-refractivity contribution in [3.63, 3.8) is 0 Å². The Morgan fingerprint density at radius 3 is 2.81 bits per heavy atom. The van der Waals surface area contributed by atoms with Crippen molar-refractivity contribution in [1.82, 2.24) is 19.9 Å². The van der Waals surface area contributed by atoms with Gasteiger partial charge in [-0.1, -0.05) is 5.21 Å². The van der Waals surface area contributed by atoms with Crippen molar-refractivity contribution in [3.05, 3.63) is 11.9 Å². The first-order chi connectivity index (χ1) is 10.0. The third-order valence-electron chi connectivity index (χ3n) is 3.71. The van der Waals surface area contributed by atoms with E-state index in [0.29, 0.717) is 19.1 Å². The van der Waals surface area contributed by atoms with E-state index in [9.17, 15) is 9.59 Å². The highest BCUT2D eigenvalue weighted by molar-refractivity contribution is 5.84. The molecular weight excluding hydrogens is 276 g/mol. The first-order valence-corrected chi connectivity index (χ1v) is 6.94. The highest BCUT2D eigenvalue weighted by Crippen LogP contribution is 2.35. The maximum absolute atomic E-state index is 12.4. The molecule has 0 saturated heterocycles. The molecule has 1 fully saturated rings. The standard InChI is InChI=1S/C13H20N4O4/c1-9(10-3-4-10)17(5-6-21-2)12(18)8-16-7-11(13(19)20)14-15-16/h7,9-10H,3-6,8H2,1-2H3,(H,19,20). The number of nitrogens with zero attached hydrogens (tertiary/aromatic N) is 4. The number of hydrogen-bond donors (Lipinski definition) is 1. The van der Waals surface area contributed by atoms with Crippen molar-refractivity contribution in [2.24, 2.45) is 5.92 Å². The van der Waals surface area contributed by atoms with Crippen molar-refractivity contribution >= 4 is 11.9 Å². The maximum atomic E-state index is 12.4. The van der Waals surface area contributed by atoms with E-state index in [-0.39, 0.29) is 24.2 Å². The summed E-state index contributed by atoms with van der Waals surface area (Å²) in [5, 5.41) is 16.0. The third-order valence-corrected chi connectivity index (χ3v) is 3.71. The van der Waals surface area contributed by atoms with Gasteiger partial charge in [-0.2, -0.15) is 0 Å². The Labute approximate surface area is 122 Å². The minimum atomic E-state index is -1.16. The predicted octanol–water partition coefficient (Wildman–Crippen LogP) is 0.250. The lowest BCUT2D eigenvalue weighted by Gasteiger charge is -2.29. The van der Waals surface area contributed by atoms with Gasteiger partial charge in [0.2, 0.25) is 5.91 Å². The van der Waals surface area contributed by atoms with Gasteiger partial charge in [0.1, 0.15) is 6.54 Å². The fourth-order valence-electron chi connectivity index (χ4n) is 2.28. The summed E-state index contributed by atoms with van der Waals surface area (Å²) in [5.74, 6) is -0.708. The quantitative estimate of drug-likeness (QED) is 0.738. The Bertz CT molecular complexity index is 512. The molecule has 0 radical (unpaired) electrons. The van der Waals surface area contributed by atoms with Crippen LogP contribution >= 0.6 is 0 Å². The summed E-state index contributed by atoms with van der Waals surface area (Å²) in [5.41, 5.74) is -0.165. The Kier molecular flexibility index (Phi) is 4.89. The van der Waals surface area contributed by atoms with Crippen LogP contribution in [-0.2, 0) is 16.1 Å². The monoisotopic (exact) mass is 296 g/mol. The lowest BCUT2D eigenvalue weighted by molar-refractivity contribution is -0.135. The van der Waals surface area contributed by atoms with Gasteiger partial charge in [-0.25, -0.2) is 9.48 Å². The molecular formula is C13H20N4O4. The molecule has 0 aliphatic heterocycles. The van der Waals surface area contributed by atoms with E-state index in [1.165, 1.54) is 10.9 Å². The van der Waals surface area contributed by atoms with Gasteiger partial charge in [-0.3, -0.25) is 4.79 Å². The third kappa shape index (κ3) is 4.01. The molecule has 21 heavy (non-hydrogen) atoms. The summed E-state index contributed by atoms with van der Waals surface area (Å²) in [6, 6.07) is 0.162. The molecule has 2 rings (SSSR count). The van der Waals surface area contributed by atoms with Gasteiger partial charge < -0.3 is 14.7 Å². The van der Waals surface area contributed by atoms with Crippen LogP contribution < -0.4 is 0 Å². The summed E-state index contributed by atoms with van der Waals surface area (Å²) >= 11 is 0. The molecule has 1 atom stereocenters. The summed E-state index contributed by atoms with van der Waals surface area (Å²) in [7, 11) is 1.60. The number of carbonyl (C=O) groups excluding carboxylic acids is 1. The first-order valence-electron chi connectivity index (χ1n) is 6.94. The summed E-state index contributed by atoms with van der Waals surface area (Å²) in [6.45, 7) is 3.02. The van der Waals surface area contributed by atoms with Crippen LogP contribution in [0.15, 0.2) is 6.20 Å². The average molecular weight is 296 g/mol. The second kappa shape index (κ2) is 6.66. The molecule has 1 aromatic rings. The zero-order valence-corrected chi connectivity index (χ0v) is 12.2. The van der Waals surface area contributed by atoms with Gasteiger partial charge in [0.25, 0.3) is 0 Å². The number of carbonyl (C=O) groups is 2. The zero-order valence-electron chi connectivity index (χ0n) is 12.2. The van der Waals surface area contributed by atoms with E-state index in [1.807, 2.05) is 6.92 Å². The van der Waals surface area contributed by atoms with Crippen molar-refractivity contribution in [2.75, 3.05) is 20.3 Å². The maximum Gasteiger partial charge on any atom is 0.358 e. The SMILES string of the molecule is COCCN(C(=O)Cn1cc(C(=O)O)nn1)C(C)C1CC1. The molecule has 8 nitrogen and oxygen atoms in total.